The van der Waals surface area contributed by atoms with Crippen molar-refractivity contribution in [1.29, 1.82) is 0 Å². The Morgan fingerprint density at radius 2 is 1.55 bits per heavy atom. The highest BCUT2D eigenvalue weighted by Gasteiger charge is 2.09. The van der Waals surface area contributed by atoms with E-state index in [9.17, 15) is 10.2 Å². The number of rotatable bonds is 7. The summed E-state index contributed by atoms with van der Waals surface area (Å²) in [4.78, 5) is 0. The van der Waals surface area contributed by atoms with Crippen molar-refractivity contribution in [2.45, 2.75) is 38.4 Å². The van der Waals surface area contributed by atoms with Crippen molar-refractivity contribution in [2.75, 3.05) is 0 Å². The second kappa shape index (κ2) is 8.52. The summed E-state index contributed by atoms with van der Waals surface area (Å²) in [6.07, 6.45) is 3.05. The molecule has 0 bridgehead atoms. The molecule has 2 heteroatoms. The van der Waals surface area contributed by atoms with Gasteiger partial charge in [-0.15, -0.1) is 0 Å². The Kier molecular flexibility index (Phi) is 6.38. The van der Waals surface area contributed by atoms with Crippen LogP contribution in [0.4, 0.5) is 0 Å². The first-order chi connectivity index (χ1) is 10.7. The van der Waals surface area contributed by atoms with Crippen LogP contribution in [0, 0.1) is 0 Å². The lowest BCUT2D eigenvalue weighted by Crippen LogP contribution is -2.10. The molecule has 2 rings (SSSR count). The van der Waals surface area contributed by atoms with Gasteiger partial charge < -0.3 is 10.2 Å². The van der Waals surface area contributed by atoms with E-state index in [1.54, 1.807) is 0 Å². The van der Waals surface area contributed by atoms with E-state index in [1.807, 2.05) is 61.5 Å². The summed E-state index contributed by atoms with van der Waals surface area (Å²) >= 11 is 0. The third-order valence-corrected chi connectivity index (χ3v) is 3.92. The Morgan fingerprint density at radius 3 is 2.18 bits per heavy atom. The Bertz CT molecular complexity index is 575. The van der Waals surface area contributed by atoms with Crippen LogP contribution in [0.1, 0.15) is 37.0 Å². The van der Waals surface area contributed by atoms with E-state index >= 15 is 0 Å². The van der Waals surface area contributed by atoms with Gasteiger partial charge in [-0.3, -0.25) is 0 Å². The molecule has 2 N–H and O–H groups in total. The van der Waals surface area contributed by atoms with Crippen molar-refractivity contribution in [2.24, 2.45) is 0 Å². The lowest BCUT2D eigenvalue weighted by molar-refractivity contribution is 0.177. The van der Waals surface area contributed by atoms with E-state index in [0.29, 0.717) is 12.8 Å². The first-order valence-corrected chi connectivity index (χ1v) is 7.78. The van der Waals surface area contributed by atoms with Crippen molar-refractivity contribution < 1.29 is 10.2 Å². The van der Waals surface area contributed by atoms with Crippen molar-refractivity contribution >= 4 is 0 Å². The van der Waals surface area contributed by atoms with Gasteiger partial charge in [-0.25, -0.2) is 0 Å². The third-order valence-electron chi connectivity index (χ3n) is 3.92. The van der Waals surface area contributed by atoms with E-state index in [2.05, 4.69) is 12.1 Å². The SMILES string of the molecule is C/C(=C\C[C@@H](O)c1ccccc1)[C@H](O)CCc1ccccc1. The lowest BCUT2D eigenvalue weighted by atomic mass is 10.00. The maximum absolute atomic E-state index is 10.2. The fraction of sp³-hybridized carbons (Fsp3) is 0.300. The Balaban J connectivity index is 1.83. The van der Waals surface area contributed by atoms with Crippen LogP contribution >= 0.6 is 0 Å². The summed E-state index contributed by atoms with van der Waals surface area (Å²) in [5, 5.41) is 20.3. The predicted molar refractivity (Wildman–Crippen MR) is 90.5 cm³/mol. The number of benzene rings is 2. The maximum Gasteiger partial charge on any atom is 0.0824 e. The van der Waals surface area contributed by atoms with E-state index in [-0.39, 0.29) is 0 Å². The Hall–Kier alpha value is -1.90. The van der Waals surface area contributed by atoms with Crippen LogP contribution in [0.5, 0.6) is 0 Å². The fourth-order valence-corrected chi connectivity index (χ4v) is 2.42. The molecule has 2 aromatic rings. The lowest BCUT2D eigenvalue weighted by Gasteiger charge is -2.13. The highest BCUT2D eigenvalue weighted by molar-refractivity contribution is 5.19. The number of hydrogen-bond donors (Lipinski definition) is 2. The van der Waals surface area contributed by atoms with Crippen LogP contribution in [-0.2, 0) is 6.42 Å². The zero-order valence-corrected chi connectivity index (χ0v) is 13.0. The molecular weight excluding hydrogens is 272 g/mol. The zero-order chi connectivity index (χ0) is 15.8. The summed E-state index contributed by atoms with van der Waals surface area (Å²) in [5.74, 6) is 0. The van der Waals surface area contributed by atoms with Gasteiger partial charge in [0.25, 0.3) is 0 Å². The molecule has 0 spiro atoms. The van der Waals surface area contributed by atoms with Crippen molar-refractivity contribution in [1.82, 2.24) is 0 Å². The van der Waals surface area contributed by atoms with Gasteiger partial charge in [0.1, 0.15) is 0 Å². The van der Waals surface area contributed by atoms with E-state index < -0.39 is 12.2 Å². The van der Waals surface area contributed by atoms with Crippen LogP contribution in [0.25, 0.3) is 0 Å². The van der Waals surface area contributed by atoms with Gasteiger partial charge in [0.15, 0.2) is 0 Å². The number of aliphatic hydroxyl groups is 2. The smallest absolute Gasteiger partial charge is 0.0824 e. The highest BCUT2D eigenvalue weighted by Crippen LogP contribution is 2.19. The summed E-state index contributed by atoms with van der Waals surface area (Å²) in [7, 11) is 0. The average Bonchev–Trinajstić information content (AvgIpc) is 2.58. The molecule has 0 heterocycles. The summed E-state index contributed by atoms with van der Waals surface area (Å²) in [5.41, 5.74) is 3.06. The molecular formula is C20H24O2. The van der Waals surface area contributed by atoms with Crippen molar-refractivity contribution in [3.63, 3.8) is 0 Å². The topological polar surface area (TPSA) is 40.5 Å². The van der Waals surface area contributed by atoms with Gasteiger partial charge in [0.05, 0.1) is 12.2 Å². The molecule has 0 radical (unpaired) electrons. The average molecular weight is 296 g/mol. The standard InChI is InChI=1S/C20H24O2/c1-16(12-14-20(22)18-10-6-3-7-11-18)19(21)15-13-17-8-4-2-5-9-17/h2-12,19-22H,13-15H2,1H3/b16-12+/t19-,20-/m1/s1. The molecule has 0 amide bonds. The molecule has 0 fully saturated rings. The molecule has 2 aromatic carbocycles. The molecule has 2 nitrogen and oxygen atoms in total. The van der Waals surface area contributed by atoms with Crippen LogP contribution in [0.2, 0.25) is 0 Å². The van der Waals surface area contributed by atoms with Gasteiger partial charge in [0, 0.05) is 0 Å². The minimum absolute atomic E-state index is 0.455. The molecule has 0 aliphatic heterocycles. The Morgan fingerprint density at radius 1 is 0.955 bits per heavy atom. The van der Waals surface area contributed by atoms with E-state index in [0.717, 1.165) is 17.6 Å². The molecule has 116 valence electrons. The van der Waals surface area contributed by atoms with Gasteiger partial charge in [-0.05, 0) is 42.9 Å². The first-order valence-electron chi connectivity index (χ1n) is 7.78. The summed E-state index contributed by atoms with van der Waals surface area (Å²) in [6, 6.07) is 19.8. The minimum atomic E-state index is -0.516. The number of hydrogen-bond acceptors (Lipinski definition) is 2. The quantitative estimate of drug-likeness (QED) is 0.757. The van der Waals surface area contributed by atoms with Crippen molar-refractivity contribution in [3.8, 4) is 0 Å². The van der Waals surface area contributed by atoms with Gasteiger partial charge >= 0.3 is 0 Å². The molecule has 0 unspecified atom stereocenters. The maximum atomic E-state index is 10.2. The molecule has 2 atom stereocenters. The second-order valence-electron chi connectivity index (χ2n) is 5.65. The fourth-order valence-electron chi connectivity index (χ4n) is 2.42. The first kappa shape index (κ1) is 16.5. The van der Waals surface area contributed by atoms with E-state index in [1.165, 1.54) is 5.56 Å². The Labute approximate surface area is 132 Å². The number of aliphatic hydroxyl groups excluding tert-OH is 2. The highest BCUT2D eigenvalue weighted by atomic mass is 16.3. The van der Waals surface area contributed by atoms with Gasteiger partial charge in [-0.1, -0.05) is 66.7 Å². The van der Waals surface area contributed by atoms with Crippen LogP contribution in [0.3, 0.4) is 0 Å². The molecule has 22 heavy (non-hydrogen) atoms. The molecule has 0 saturated heterocycles. The van der Waals surface area contributed by atoms with Gasteiger partial charge in [0.2, 0.25) is 0 Å². The van der Waals surface area contributed by atoms with Crippen LogP contribution in [0.15, 0.2) is 72.3 Å². The molecule has 0 aromatic heterocycles. The predicted octanol–water partition coefficient (Wildman–Crippen LogP) is 4.05. The molecule has 0 aliphatic rings. The van der Waals surface area contributed by atoms with Crippen molar-refractivity contribution in [3.05, 3.63) is 83.4 Å². The summed E-state index contributed by atoms with van der Waals surface area (Å²) < 4.78 is 0. The van der Waals surface area contributed by atoms with Crippen LogP contribution in [-0.4, -0.2) is 16.3 Å². The largest absolute Gasteiger partial charge is 0.389 e. The third kappa shape index (κ3) is 5.14. The molecule has 0 aliphatic carbocycles. The van der Waals surface area contributed by atoms with Crippen LogP contribution < -0.4 is 0 Å². The number of aryl methyl sites for hydroxylation is 1. The van der Waals surface area contributed by atoms with Gasteiger partial charge in [-0.2, -0.15) is 0 Å². The minimum Gasteiger partial charge on any atom is -0.389 e. The molecule has 0 saturated carbocycles. The van der Waals surface area contributed by atoms with E-state index in [4.69, 9.17) is 0 Å². The monoisotopic (exact) mass is 296 g/mol. The normalized spacial score (nSPS) is 14.6. The summed E-state index contributed by atoms with van der Waals surface area (Å²) in [6.45, 7) is 1.92. The second-order valence-corrected chi connectivity index (χ2v) is 5.65. The zero-order valence-electron chi connectivity index (χ0n) is 13.0.